The number of hydrogen-bond acceptors (Lipinski definition) is 7. The van der Waals surface area contributed by atoms with Crippen LogP contribution in [0.5, 0.6) is 11.5 Å². The summed E-state index contributed by atoms with van der Waals surface area (Å²) in [5.41, 5.74) is 1.10. The lowest BCUT2D eigenvalue weighted by Crippen LogP contribution is -2.49. The van der Waals surface area contributed by atoms with Gasteiger partial charge >= 0.3 is 12.0 Å². The molecule has 1 N–H and O–H groups in total. The normalized spacial score (nSPS) is 24.0. The molecule has 3 aliphatic rings. The first-order valence-electron chi connectivity index (χ1n) is 11.6. The van der Waals surface area contributed by atoms with Crippen LogP contribution in [0.1, 0.15) is 43.7 Å². The molecule has 0 atom stereocenters. The summed E-state index contributed by atoms with van der Waals surface area (Å²) < 4.78 is 15.8. The number of methoxy groups -OCH3 is 2. The van der Waals surface area contributed by atoms with Gasteiger partial charge in [0, 0.05) is 13.1 Å². The van der Waals surface area contributed by atoms with E-state index in [9.17, 15) is 19.2 Å². The zero-order valence-electron chi connectivity index (χ0n) is 19.8. The van der Waals surface area contributed by atoms with Gasteiger partial charge in [0.2, 0.25) is 0 Å². The van der Waals surface area contributed by atoms with Crippen molar-refractivity contribution >= 4 is 23.8 Å². The predicted octanol–water partition coefficient (Wildman–Crippen LogP) is 1.63. The smallest absolute Gasteiger partial charge is 0.326 e. The zero-order chi connectivity index (χ0) is 24.5. The molecule has 2 fully saturated rings. The molecule has 0 radical (unpaired) electrons. The minimum absolute atomic E-state index is 0.344. The summed E-state index contributed by atoms with van der Waals surface area (Å²) in [6.45, 7) is 2.00. The number of carbonyl (C=O) groups is 4. The quantitative estimate of drug-likeness (QED) is 0.493. The van der Waals surface area contributed by atoms with E-state index in [1.54, 1.807) is 19.1 Å². The van der Waals surface area contributed by atoms with Crippen molar-refractivity contribution in [2.45, 2.75) is 51.1 Å². The van der Waals surface area contributed by atoms with Crippen molar-refractivity contribution in [2.24, 2.45) is 5.92 Å². The van der Waals surface area contributed by atoms with Gasteiger partial charge in [-0.15, -0.1) is 0 Å². The summed E-state index contributed by atoms with van der Waals surface area (Å²) in [4.78, 5) is 52.8. The number of benzene rings is 1. The van der Waals surface area contributed by atoms with E-state index in [0.717, 1.165) is 28.9 Å². The Morgan fingerprint density at radius 1 is 1.09 bits per heavy atom. The molecule has 0 unspecified atom stereocenters. The number of esters is 1. The van der Waals surface area contributed by atoms with Crippen molar-refractivity contribution in [2.75, 3.05) is 33.9 Å². The topological polar surface area (TPSA) is 114 Å². The van der Waals surface area contributed by atoms with Gasteiger partial charge in [-0.1, -0.05) is 6.92 Å². The standard InChI is InChI=1S/C24H31N3O7/c1-15-4-7-24(8-5-15)22(30)27(23(31)25-24)13-21(29)34-14-20(28)26-9-6-16-10-18(32-2)19(33-3)11-17(16)12-26/h10-11,15H,4-9,12-14H2,1-3H3,(H,25,31). The Kier molecular flexibility index (Phi) is 6.67. The molecule has 1 aromatic rings. The molecule has 1 aromatic carbocycles. The second kappa shape index (κ2) is 9.52. The van der Waals surface area contributed by atoms with Crippen molar-refractivity contribution in [3.8, 4) is 11.5 Å². The third-order valence-corrected chi connectivity index (χ3v) is 7.09. The van der Waals surface area contributed by atoms with Crippen LogP contribution in [-0.2, 0) is 32.1 Å². The first-order chi connectivity index (χ1) is 16.3. The molecule has 2 heterocycles. The molecule has 1 saturated carbocycles. The van der Waals surface area contributed by atoms with Gasteiger partial charge in [0.15, 0.2) is 18.1 Å². The second-order valence-corrected chi connectivity index (χ2v) is 9.29. The Labute approximate surface area is 198 Å². The van der Waals surface area contributed by atoms with E-state index in [2.05, 4.69) is 12.2 Å². The van der Waals surface area contributed by atoms with Gasteiger partial charge in [-0.05, 0) is 61.3 Å². The van der Waals surface area contributed by atoms with Gasteiger partial charge in [0.05, 0.1) is 14.2 Å². The van der Waals surface area contributed by atoms with Crippen molar-refractivity contribution in [3.05, 3.63) is 23.3 Å². The van der Waals surface area contributed by atoms with Crippen LogP contribution < -0.4 is 14.8 Å². The van der Waals surface area contributed by atoms with Crippen LogP contribution in [0.25, 0.3) is 0 Å². The van der Waals surface area contributed by atoms with Gasteiger partial charge in [0.1, 0.15) is 12.1 Å². The Balaban J connectivity index is 1.30. The maximum absolute atomic E-state index is 12.9. The Bertz CT molecular complexity index is 1000. The molecule has 4 amide bonds. The molecular formula is C24H31N3O7. The predicted molar refractivity (Wildman–Crippen MR) is 120 cm³/mol. The number of carbonyl (C=O) groups excluding carboxylic acids is 4. The minimum Gasteiger partial charge on any atom is -0.493 e. The van der Waals surface area contributed by atoms with Gasteiger partial charge in [-0.2, -0.15) is 0 Å². The monoisotopic (exact) mass is 473 g/mol. The third kappa shape index (κ3) is 4.53. The highest BCUT2D eigenvalue weighted by Gasteiger charge is 2.52. The van der Waals surface area contributed by atoms with Crippen LogP contribution in [0.2, 0.25) is 0 Å². The molecule has 10 nitrogen and oxygen atoms in total. The van der Waals surface area contributed by atoms with Crippen LogP contribution in [0.3, 0.4) is 0 Å². The number of fused-ring (bicyclic) bond motifs is 1. The molecule has 184 valence electrons. The lowest BCUT2D eigenvalue weighted by atomic mass is 9.77. The molecule has 2 aliphatic heterocycles. The molecule has 1 aliphatic carbocycles. The number of nitrogens with zero attached hydrogens (tertiary/aromatic N) is 2. The number of hydrogen-bond donors (Lipinski definition) is 1. The number of amides is 4. The Morgan fingerprint density at radius 3 is 2.38 bits per heavy atom. The number of nitrogens with one attached hydrogen (secondary N) is 1. The Hall–Kier alpha value is -3.30. The summed E-state index contributed by atoms with van der Waals surface area (Å²) in [7, 11) is 3.13. The average molecular weight is 474 g/mol. The summed E-state index contributed by atoms with van der Waals surface area (Å²) in [6, 6.07) is 3.17. The Morgan fingerprint density at radius 2 is 1.74 bits per heavy atom. The maximum atomic E-state index is 12.9. The summed E-state index contributed by atoms with van der Waals surface area (Å²) in [5, 5.41) is 2.77. The van der Waals surface area contributed by atoms with Gasteiger partial charge in [0.25, 0.3) is 11.8 Å². The second-order valence-electron chi connectivity index (χ2n) is 9.29. The van der Waals surface area contributed by atoms with Gasteiger partial charge in [-0.3, -0.25) is 19.3 Å². The molecule has 4 rings (SSSR count). The number of imide groups is 1. The fourth-order valence-corrected chi connectivity index (χ4v) is 4.92. The number of rotatable bonds is 6. The van der Waals surface area contributed by atoms with Crippen molar-refractivity contribution in [3.63, 3.8) is 0 Å². The SMILES string of the molecule is COc1cc2c(cc1OC)CN(C(=O)COC(=O)CN1C(=O)NC3(CCC(C)CC3)C1=O)CC2. The first kappa shape index (κ1) is 23.8. The van der Waals surface area contributed by atoms with Gasteiger partial charge in [-0.25, -0.2) is 4.79 Å². The fraction of sp³-hybridized carbons (Fsp3) is 0.583. The molecular weight excluding hydrogens is 442 g/mol. The van der Waals surface area contributed by atoms with Crippen LogP contribution in [-0.4, -0.2) is 73.1 Å². The summed E-state index contributed by atoms with van der Waals surface area (Å²) >= 11 is 0. The number of urea groups is 1. The largest absolute Gasteiger partial charge is 0.493 e. The van der Waals surface area contributed by atoms with Crippen molar-refractivity contribution < 1.29 is 33.4 Å². The summed E-state index contributed by atoms with van der Waals surface area (Å²) in [6.07, 6.45) is 3.46. The highest BCUT2D eigenvalue weighted by molar-refractivity contribution is 6.08. The van der Waals surface area contributed by atoms with E-state index >= 15 is 0 Å². The van der Waals surface area contributed by atoms with E-state index in [-0.39, 0.29) is 11.8 Å². The molecule has 1 spiro atoms. The van der Waals surface area contributed by atoms with Crippen molar-refractivity contribution in [1.82, 2.24) is 15.1 Å². The fourth-order valence-electron chi connectivity index (χ4n) is 4.92. The van der Waals surface area contributed by atoms with Crippen LogP contribution in [0.15, 0.2) is 12.1 Å². The van der Waals surface area contributed by atoms with Crippen LogP contribution >= 0.6 is 0 Å². The van der Waals surface area contributed by atoms with E-state index in [1.807, 2.05) is 12.1 Å². The van der Waals surface area contributed by atoms with Crippen LogP contribution in [0, 0.1) is 5.92 Å². The van der Waals surface area contributed by atoms with E-state index in [4.69, 9.17) is 14.2 Å². The van der Waals surface area contributed by atoms with E-state index in [0.29, 0.717) is 49.8 Å². The molecule has 10 heteroatoms. The maximum Gasteiger partial charge on any atom is 0.326 e. The average Bonchev–Trinajstić information content (AvgIpc) is 3.07. The molecule has 34 heavy (non-hydrogen) atoms. The minimum atomic E-state index is -0.912. The number of ether oxygens (including phenoxy) is 3. The third-order valence-electron chi connectivity index (χ3n) is 7.09. The van der Waals surface area contributed by atoms with E-state index < -0.39 is 30.7 Å². The molecule has 0 bridgehead atoms. The zero-order valence-corrected chi connectivity index (χ0v) is 19.8. The highest BCUT2D eigenvalue weighted by atomic mass is 16.5. The highest BCUT2D eigenvalue weighted by Crippen LogP contribution is 2.36. The molecule has 1 saturated heterocycles. The van der Waals surface area contributed by atoms with Crippen molar-refractivity contribution in [1.29, 1.82) is 0 Å². The van der Waals surface area contributed by atoms with Gasteiger partial charge < -0.3 is 24.4 Å². The molecule has 0 aromatic heterocycles. The summed E-state index contributed by atoms with van der Waals surface area (Å²) in [5.74, 6) is 0.209. The van der Waals surface area contributed by atoms with Crippen LogP contribution in [0.4, 0.5) is 4.79 Å². The lowest BCUT2D eigenvalue weighted by molar-refractivity contribution is -0.154. The van der Waals surface area contributed by atoms with E-state index in [1.165, 1.54) is 0 Å². The first-order valence-corrected chi connectivity index (χ1v) is 11.6. The lowest BCUT2D eigenvalue weighted by Gasteiger charge is -2.33.